The summed E-state index contributed by atoms with van der Waals surface area (Å²) in [6, 6.07) is 13.0. The molecule has 2 aromatic rings. The van der Waals surface area contributed by atoms with Crippen LogP contribution in [0, 0.1) is 0 Å². The van der Waals surface area contributed by atoms with Gasteiger partial charge in [-0.25, -0.2) is 4.98 Å². The maximum Gasteiger partial charge on any atom is 0.435 e. The van der Waals surface area contributed by atoms with Gasteiger partial charge in [-0.2, -0.15) is 13.2 Å². The minimum atomic E-state index is -4.63. The Morgan fingerprint density at radius 2 is 1.81 bits per heavy atom. The Labute approximate surface area is 192 Å². The molecule has 1 aromatic carbocycles. The molecule has 1 aromatic heterocycles. The van der Waals surface area contributed by atoms with E-state index in [9.17, 15) is 18.0 Å². The maximum atomic E-state index is 13.5. The molecule has 1 unspecified atom stereocenters. The van der Waals surface area contributed by atoms with Crippen LogP contribution in [-0.2, 0) is 22.1 Å². The summed E-state index contributed by atoms with van der Waals surface area (Å²) in [4.78, 5) is 19.8. The molecule has 0 radical (unpaired) electrons. The minimum Gasteiger partial charge on any atom is -0.360 e. The van der Waals surface area contributed by atoms with Crippen LogP contribution in [0.15, 0.2) is 48.7 Å². The lowest BCUT2D eigenvalue weighted by atomic mass is 9.88. The van der Waals surface area contributed by atoms with E-state index in [1.165, 1.54) is 22.6 Å². The van der Waals surface area contributed by atoms with E-state index in [2.05, 4.69) is 22.0 Å². The number of aromatic nitrogens is 1. The summed E-state index contributed by atoms with van der Waals surface area (Å²) in [6.45, 7) is 4.19. The molecular formula is C23H27ClF3N3O2. The predicted octanol–water partition coefficient (Wildman–Crippen LogP) is 4.35. The van der Waals surface area contributed by atoms with Crippen molar-refractivity contribution < 1.29 is 22.7 Å². The Morgan fingerprint density at radius 1 is 1.12 bits per heavy atom. The van der Waals surface area contributed by atoms with Crippen molar-refractivity contribution >= 4 is 24.0 Å². The lowest BCUT2D eigenvalue weighted by Crippen LogP contribution is -2.62. The van der Waals surface area contributed by atoms with Gasteiger partial charge in [0.15, 0.2) is 5.69 Å². The molecule has 32 heavy (non-hydrogen) atoms. The van der Waals surface area contributed by atoms with Crippen molar-refractivity contribution in [3.05, 3.63) is 59.9 Å². The van der Waals surface area contributed by atoms with E-state index in [1.807, 2.05) is 18.2 Å². The number of anilines is 1. The average Bonchev–Trinajstić information content (AvgIpc) is 2.76. The summed E-state index contributed by atoms with van der Waals surface area (Å²) in [5, 5.41) is 0. The molecular weight excluding hydrogens is 443 g/mol. The molecule has 0 saturated carbocycles. The largest absolute Gasteiger partial charge is 0.435 e. The van der Waals surface area contributed by atoms with Crippen LogP contribution in [0.5, 0.6) is 0 Å². The summed E-state index contributed by atoms with van der Waals surface area (Å²) in [7, 11) is 0. The lowest BCUT2D eigenvalue weighted by Gasteiger charge is -2.49. The molecule has 2 aliphatic rings. The third-order valence-electron chi connectivity index (χ3n) is 6.16. The van der Waals surface area contributed by atoms with Gasteiger partial charge in [0, 0.05) is 25.8 Å². The molecule has 1 amide bonds. The third-order valence-corrected chi connectivity index (χ3v) is 6.16. The molecule has 0 bridgehead atoms. The van der Waals surface area contributed by atoms with Gasteiger partial charge in [-0.1, -0.05) is 30.3 Å². The number of hydrogen-bond donors (Lipinski definition) is 0. The Kier molecular flexibility index (Phi) is 7.47. The van der Waals surface area contributed by atoms with Crippen LogP contribution >= 0.6 is 12.4 Å². The fraction of sp³-hybridized carbons (Fsp3) is 0.478. The molecule has 0 N–H and O–H groups in total. The summed E-state index contributed by atoms with van der Waals surface area (Å²) >= 11 is 0. The molecule has 2 fully saturated rings. The van der Waals surface area contributed by atoms with E-state index in [0.29, 0.717) is 12.8 Å². The lowest BCUT2D eigenvalue weighted by molar-refractivity contribution is -0.162. The van der Waals surface area contributed by atoms with Gasteiger partial charge < -0.3 is 14.5 Å². The minimum absolute atomic E-state index is 0. The van der Waals surface area contributed by atoms with Gasteiger partial charge in [0.05, 0.1) is 17.8 Å². The Bertz CT molecular complexity index is 918. The molecule has 174 valence electrons. The average molecular weight is 470 g/mol. The van der Waals surface area contributed by atoms with E-state index in [1.54, 1.807) is 6.92 Å². The predicted molar refractivity (Wildman–Crippen MR) is 118 cm³/mol. The topological polar surface area (TPSA) is 45.7 Å². The van der Waals surface area contributed by atoms with Crippen molar-refractivity contribution in [3.63, 3.8) is 0 Å². The number of benzene rings is 1. The second-order valence-corrected chi connectivity index (χ2v) is 8.31. The van der Waals surface area contributed by atoms with Crippen LogP contribution in [0.3, 0.4) is 0 Å². The number of pyridine rings is 1. The summed E-state index contributed by atoms with van der Waals surface area (Å²) in [5.74, 6) is -0.462. The maximum absolute atomic E-state index is 13.5. The first-order valence-corrected chi connectivity index (χ1v) is 10.6. The zero-order valence-corrected chi connectivity index (χ0v) is 18.7. The fourth-order valence-corrected chi connectivity index (χ4v) is 4.48. The van der Waals surface area contributed by atoms with Crippen LogP contribution in [-0.4, -0.2) is 53.7 Å². The number of ether oxygens (including phenoxy) is 1. The first-order valence-electron chi connectivity index (χ1n) is 10.6. The number of carbonyl (C=O) groups is 1. The second kappa shape index (κ2) is 9.77. The molecule has 2 saturated heterocycles. The Balaban J connectivity index is 0.00000289. The number of likely N-dealkylation sites (tertiary alicyclic amines) is 1. The number of nitrogens with zero attached hydrogens (tertiary/aromatic N) is 3. The number of alkyl halides is 3. The number of carbonyl (C=O) groups excluding carboxylic acids is 1. The third kappa shape index (κ3) is 5.24. The fourth-order valence-electron chi connectivity index (χ4n) is 4.48. The van der Waals surface area contributed by atoms with Gasteiger partial charge in [0.2, 0.25) is 0 Å². The van der Waals surface area contributed by atoms with Crippen molar-refractivity contribution in [3.8, 4) is 0 Å². The van der Waals surface area contributed by atoms with Crippen LogP contribution in [0.4, 0.5) is 18.9 Å². The normalized spacial score (nSPS) is 21.4. The summed E-state index contributed by atoms with van der Waals surface area (Å²) in [5.41, 5.74) is -0.595. The highest BCUT2D eigenvalue weighted by Gasteiger charge is 2.48. The monoisotopic (exact) mass is 469 g/mol. The van der Waals surface area contributed by atoms with E-state index in [-0.39, 0.29) is 24.6 Å². The van der Waals surface area contributed by atoms with Gasteiger partial charge in [0.25, 0.3) is 5.91 Å². The zero-order chi connectivity index (χ0) is 22.1. The molecule has 9 heteroatoms. The van der Waals surface area contributed by atoms with E-state index >= 15 is 0 Å². The van der Waals surface area contributed by atoms with Gasteiger partial charge in [-0.05, 0) is 43.9 Å². The number of piperidine rings is 1. The smallest absolute Gasteiger partial charge is 0.360 e. The van der Waals surface area contributed by atoms with E-state index in [4.69, 9.17) is 4.74 Å². The zero-order valence-electron chi connectivity index (χ0n) is 17.8. The van der Waals surface area contributed by atoms with Crippen LogP contribution in [0.1, 0.15) is 31.0 Å². The molecule has 4 rings (SSSR count). The summed E-state index contributed by atoms with van der Waals surface area (Å²) < 4.78 is 46.6. The highest BCUT2D eigenvalue weighted by Crippen LogP contribution is 2.39. The van der Waals surface area contributed by atoms with Crippen molar-refractivity contribution in [1.82, 2.24) is 9.88 Å². The van der Waals surface area contributed by atoms with Crippen LogP contribution < -0.4 is 4.90 Å². The summed E-state index contributed by atoms with van der Waals surface area (Å²) in [6.07, 6.45) is -2.06. The quantitative estimate of drug-likeness (QED) is 0.668. The van der Waals surface area contributed by atoms with Gasteiger partial charge in [-0.3, -0.25) is 4.79 Å². The van der Waals surface area contributed by atoms with Crippen molar-refractivity contribution in [2.45, 2.75) is 44.1 Å². The molecule has 5 nitrogen and oxygen atoms in total. The Hall–Kier alpha value is -2.16. The first kappa shape index (κ1) is 24.5. The van der Waals surface area contributed by atoms with Crippen molar-refractivity contribution in [1.29, 1.82) is 0 Å². The number of amides is 1. The second-order valence-electron chi connectivity index (χ2n) is 8.31. The number of morpholine rings is 1. The van der Waals surface area contributed by atoms with Gasteiger partial charge in [0.1, 0.15) is 6.10 Å². The van der Waals surface area contributed by atoms with Gasteiger partial charge >= 0.3 is 6.18 Å². The number of rotatable bonds is 4. The highest BCUT2D eigenvalue weighted by atomic mass is 35.5. The van der Waals surface area contributed by atoms with E-state index < -0.39 is 29.5 Å². The SMILES string of the molecule is CC1OC2(CCN(CCc3ccccc3)CC2)CN(c2cccnc2C(F)(F)F)C1=O.Cl. The molecule has 0 aliphatic carbocycles. The standard InChI is InChI=1S/C23H26F3N3O2.ClH/c1-17-21(30)29(19-8-5-12-27-20(19)23(24,25)26)16-22(31-17)10-14-28(15-11-22)13-9-18-6-3-2-4-7-18;/h2-8,12,17H,9-11,13-16H2,1H3;1H. The molecule has 2 aliphatic heterocycles. The molecule has 1 spiro atoms. The first-order chi connectivity index (χ1) is 14.8. The van der Waals surface area contributed by atoms with Gasteiger partial charge in [-0.15, -0.1) is 12.4 Å². The molecule has 1 atom stereocenters. The van der Waals surface area contributed by atoms with E-state index in [0.717, 1.165) is 32.3 Å². The number of hydrogen-bond acceptors (Lipinski definition) is 4. The highest BCUT2D eigenvalue weighted by molar-refractivity contribution is 5.97. The Morgan fingerprint density at radius 3 is 2.47 bits per heavy atom. The van der Waals surface area contributed by atoms with Crippen molar-refractivity contribution in [2.24, 2.45) is 0 Å². The number of halogens is 4. The van der Waals surface area contributed by atoms with Crippen molar-refractivity contribution in [2.75, 3.05) is 31.1 Å². The van der Waals surface area contributed by atoms with Crippen LogP contribution in [0.25, 0.3) is 0 Å². The molecule has 3 heterocycles. The van der Waals surface area contributed by atoms with Crippen LogP contribution in [0.2, 0.25) is 0 Å².